The van der Waals surface area contributed by atoms with E-state index in [-0.39, 0.29) is 25.3 Å². The molecule has 0 aromatic heterocycles. The molecule has 6 heteroatoms. The van der Waals surface area contributed by atoms with Gasteiger partial charge in [-0.15, -0.1) is 0 Å². The number of aliphatic hydroxyl groups excluding tert-OH is 1. The Labute approximate surface area is 104 Å². The first-order valence-corrected chi connectivity index (χ1v) is 5.51. The van der Waals surface area contributed by atoms with Gasteiger partial charge >= 0.3 is 5.97 Å². The standard InChI is InChI=1S/C12H16N2O4/c13-9-3-1-8(2-4-9)7-11(16)14-6-5-10(15)12(17)18/h1-4,10,15H,5-7,13H2,(H,14,16)(H,17,18). The molecule has 5 N–H and O–H groups in total. The molecule has 6 nitrogen and oxygen atoms in total. The van der Waals surface area contributed by atoms with E-state index in [2.05, 4.69) is 5.32 Å². The highest BCUT2D eigenvalue weighted by Gasteiger charge is 2.12. The third-order valence-corrected chi connectivity index (χ3v) is 2.37. The minimum absolute atomic E-state index is 0.0111. The molecular weight excluding hydrogens is 236 g/mol. The van der Waals surface area contributed by atoms with E-state index in [1.807, 2.05) is 0 Å². The lowest BCUT2D eigenvalue weighted by molar-refractivity contribution is -0.147. The van der Waals surface area contributed by atoms with Gasteiger partial charge in [-0.25, -0.2) is 4.79 Å². The van der Waals surface area contributed by atoms with Gasteiger partial charge in [-0.1, -0.05) is 12.1 Å². The summed E-state index contributed by atoms with van der Waals surface area (Å²) in [5.41, 5.74) is 6.96. The number of anilines is 1. The van der Waals surface area contributed by atoms with E-state index < -0.39 is 12.1 Å². The van der Waals surface area contributed by atoms with E-state index in [4.69, 9.17) is 15.9 Å². The smallest absolute Gasteiger partial charge is 0.332 e. The Bertz CT molecular complexity index is 417. The Balaban J connectivity index is 2.30. The summed E-state index contributed by atoms with van der Waals surface area (Å²) in [6.45, 7) is 0.126. The summed E-state index contributed by atoms with van der Waals surface area (Å²) in [6, 6.07) is 6.91. The van der Waals surface area contributed by atoms with Crippen LogP contribution < -0.4 is 11.1 Å². The van der Waals surface area contributed by atoms with Crippen LogP contribution in [0.25, 0.3) is 0 Å². The summed E-state index contributed by atoms with van der Waals surface area (Å²) in [5.74, 6) is -1.51. The van der Waals surface area contributed by atoms with Gasteiger partial charge < -0.3 is 21.3 Å². The number of hydrogen-bond acceptors (Lipinski definition) is 4. The van der Waals surface area contributed by atoms with Crippen molar-refractivity contribution in [3.63, 3.8) is 0 Å². The van der Waals surface area contributed by atoms with Crippen LogP contribution in [0.3, 0.4) is 0 Å². The summed E-state index contributed by atoms with van der Waals surface area (Å²) in [7, 11) is 0. The van der Waals surface area contributed by atoms with Gasteiger partial charge in [0.25, 0.3) is 0 Å². The van der Waals surface area contributed by atoms with Crippen LogP contribution in [0.15, 0.2) is 24.3 Å². The zero-order chi connectivity index (χ0) is 13.5. The molecular formula is C12H16N2O4. The Morgan fingerprint density at radius 1 is 1.28 bits per heavy atom. The molecule has 0 aliphatic carbocycles. The van der Waals surface area contributed by atoms with Crippen LogP contribution in [-0.2, 0) is 16.0 Å². The molecule has 0 aliphatic rings. The quantitative estimate of drug-likeness (QED) is 0.522. The zero-order valence-corrected chi connectivity index (χ0v) is 9.80. The number of carbonyl (C=O) groups is 2. The molecule has 0 radical (unpaired) electrons. The predicted molar refractivity (Wildman–Crippen MR) is 65.8 cm³/mol. The molecule has 0 heterocycles. The van der Waals surface area contributed by atoms with Crippen molar-refractivity contribution in [3.8, 4) is 0 Å². The molecule has 0 saturated heterocycles. The van der Waals surface area contributed by atoms with Crippen molar-refractivity contribution in [2.45, 2.75) is 18.9 Å². The van der Waals surface area contributed by atoms with Crippen molar-refractivity contribution in [3.05, 3.63) is 29.8 Å². The third kappa shape index (κ3) is 4.84. The van der Waals surface area contributed by atoms with Crippen molar-refractivity contribution >= 4 is 17.6 Å². The zero-order valence-electron chi connectivity index (χ0n) is 9.80. The van der Waals surface area contributed by atoms with Gasteiger partial charge in [0.1, 0.15) is 0 Å². The van der Waals surface area contributed by atoms with E-state index in [0.29, 0.717) is 5.69 Å². The summed E-state index contributed by atoms with van der Waals surface area (Å²) in [5, 5.41) is 20.0. The molecule has 18 heavy (non-hydrogen) atoms. The fourth-order valence-electron chi connectivity index (χ4n) is 1.36. The number of carboxylic acids is 1. The molecule has 1 aromatic carbocycles. The molecule has 1 amide bonds. The van der Waals surface area contributed by atoms with Crippen molar-refractivity contribution in [2.75, 3.05) is 12.3 Å². The second-order valence-electron chi connectivity index (χ2n) is 3.91. The molecule has 1 unspecified atom stereocenters. The minimum Gasteiger partial charge on any atom is -0.479 e. The van der Waals surface area contributed by atoms with E-state index >= 15 is 0 Å². The summed E-state index contributed by atoms with van der Waals surface area (Å²) in [6.07, 6.45) is -1.26. The van der Waals surface area contributed by atoms with E-state index in [1.165, 1.54) is 0 Å². The predicted octanol–water partition coefficient (Wildman–Crippen LogP) is -0.237. The van der Waals surface area contributed by atoms with Crippen LogP contribution in [0.1, 0.15) is 12.0 Å². The fourth-order valence-corrected chi connectivity index (χ4v) is 1.36. The maximum atomic E-state index is 11.5. The van der Waals surface area contributed by atoms with Gasteiger partial charge in [-0.05, 0) is 17.7 Å². The van der Waals surface area contributed by atoms with Gasteiger partial charge in [0.05, 0.1) is 6.42 Å². The molecule has 0 saturated carbocycles. The maximum Gasteiger partial charge on any atom is 0.332 e. The summed E-state index contributed by atoms with van der Waals surface area (Å²) < 4.78 is 0. The molecule has 0 bridgehead atoms. The van der Waals surface area contributed by atoms with E-state index in [1.54, 1.807) is 24.3 Å². The molecule has 1 rings (SSSR count). The van der Waals surface area contributed by atoms with Gasteiger partial charge in [0.15, 0.2) is 6.10 Å². The van der Waals surface area contributed by atoms with Crippen LogP contribution in [0.4, 0.5) is 5.69 Å². The summed E-state index contributed by atoms with van der Waals surface area (Å²) >= 11 is 0. The molecule has 1 atom stereocenters. The first-order valence-electron chi connectivity index (χ1n) is 5.51. The number of carbonyl (C=O) groups excluding carboxylic acids is 1. The van der Waals surface area contributed by atoms with Crippen LogP contribution in [0.5, 0.6) is 0 Å². The van der Waals surface area contributed by atoms with Crippen molar-refractivity contribution in [2.24, 2.45) is 0 Å². The first kappa shape index (κ1) is 14.0. The molecule has 0 spiro atoms. The lowest BCUT2D eigenvalue weighted by Gasteiger charge is -2.07. The number of carboxylic acid groups (broad SMARTS) is 1. The average Bonchev–Trinajstić information content (AvgIpc) is 2.32. The minimum atomic E-state index is -1.44. The first-order chi connectivity index (χ1) is 8.49. The largest absolute Gasteiger partial charge is 0.479 e. The SMILES string of the molecule is Nc1ccc(CC(=O)NCCC(O)C(=O)O)cc1. The number of benzene rings is 1. The van der Waals surface area contributed by atoms with Crippen LogP contribution in [0.2, 0.25) is 0 Å². The normalized spacial score (nSPS) is 11.8. The number of rotatable bonds is 6. The number of hydrogen-bond donors (Lipinski definition) is 4. The fraction of sp³-hybridized carbons (Fsp3) is 0.333. The van der Waals surface area contributed by atoms with Crippen LogP contribution >= 0.6 is 0 Å². The Morgan fingerprint density at radius 3 is 2.44 bits per heavy atom. The van der Waals surface area contributed by atoms with E-state index in [0.717, 1.165) is 5.56 Å². The molecule has 0 fully saturated rings. The molecule has 98 valence electrons. The second kappa shape index (κ2) is 6.61. The molecule has 1 aromatic rings. The maximum absolute atomic E-state index is 11.5. The lowest BCUT2D eigenvalue weighted by Crippen LogP contribution is -2.30. The van der Waals surface area contributed by atoms with Crippen LogP contribution in [-0.4, -0.2) is 34.7 Å². The van der Waals surface area contributed by atoms with E-state index in [9.17, 15) is 9.59 Å². The Kier molecular flexibility index (Phi) is 5.13. The lowest BCUT2D eigenvalue weighted by atomic mass is 10.1. The number of nitrogens with one attached hydrogen (secondary N) is 1. The highest BCUT2D eigenvalue weighted by Crippen LogP contribution is 2.05. The molecule has 0 aliphatic heterocycles. The van der Waals surface area contributed by atoms with Crippen molar-refractivity contribution < 1.29 is 19.8 Å². The van der Waals surface area contributed by atoms with Crippen LogP contribution in [0, 0.1) is 0 Å². The van der Waals surface area contributed by atoms with Gasteiger partial charge in [0, 0.05) is 18.7 Å². The van der Waals surface area contributed by atoms with Crippen molar-refractivity contribution in [1.82, 2.24) is 5.32 Å². The van der Waals surface area contributed by atoms with Gasteiger partial charge in [-0.2, -0.15) is 0 Å². The number of nitrogen functional groups attached to an aromatic ring is 1. The van der Waals surface area contributed by atoms with Crippen molar-refractivity contribution in [1.29, 1.82) is 0 Å². The topological polar surface area (TPSA) is 113 Å². The number of aliphatic carboxylic acids is 1. The Hall–Kier alpha value is -2.08. The average molecular weight is 252 g/mol. The monoisotopic (exact) mass is 252 g/mol. The van der Waals surface area contributed by atoms with Gasteiger partial charge in [0.2, 0.25) is 5.91 Å². The second-order valence-corrected chi connectivity index (χ2v) is 3.91. The number of aliphatic hydroxyl groups is 1. The summed E-state index contributed by atoms with van der Waals surface area (Å²) in [4.78, 5) is 21.8. The van der Waals surface area contributed by atoms with Gasteiger partial charge in [-0.3, -0.25) is 4.79 Å². The number of nitrogens with two attached hydrogens (primary N) is 1. The highest BCUT2D eigenvalue weighted by molar-refractivity contribution is 5.78. The Morgan fingerprint density at radius 2 is 1.89 bits per heavy atom. The number of amides is 1. The highest BCUT2D eigenvalue weighted by atomic mass is 16.4. The third-order valence-electron chi connectivity index (χ3n) is 2.37.